The molecule has 0 saturated carbocycles. The Morgan fingerprint density at radius 2 is 1.93 bits per heavy atom. The highest BCUT2D eigenvalue weighted by Gasteiger charge is 2.48. The van der Waals surface area contributed by atoms with Crippen molar-refractivity contribution >= 4 is 17.7 Å². The minimum atomic E-state index is -0.534. The van der Waals surface area contributed by atoms with E-state index in [1.54, 1.807) is 18.1 Å². The highest BCUT2D eigenvalue weighted by atomic mass is 16.5. The van der Waals surface area contributed by atoms with Gasteiger partial charge in [0, 0.05) is 24.1 Å². The third-order valence-electron chi connectivity index (χ3n) is 5.73. The maximum Gasteiger partial charge on any atom is 0.254 e. The summed E-state index contributed by atoms with van der Waals surface area (Å²) in [6, 6.07) is 14.7. The summed E-state index contributed by atoms with van der Waals surface area (Å²) in [5.41, 5.74) is 7.64. The van der Waals surface area contributed by atoms with E-state index in [0.717, 1.165) is 16.9 Å². The van der Waals surface area contributed by atoms with Crippen molar-refractivity contribution in [3.8, 4) is 16.9 Å². The van der Waals surface area contributed by atoms with Crippen molar-refractivity contribution in [2.24, 2.45) is 5.73 Å². The summed E-state index contributed by atoms with van der Waals surface area (Å²) >= 11 is 0. The molecule has 0 bridgehead atoms. The normalized spacial score (nSPS) is 20.7. The Morgan fingerprint density at radius 1 is 1.14 bits per heavy atom. The Morgan fingerprint density at radius 3 is 2.69 bits per heavy atom. The average Bonchev–Trinajstić information content (AvgIpc) is 3.26. The van der Waals surface area contributed by atoms with Gasteiger partial charge in [0.15, 0.2) is 0 Å². The number of primary amides is 1. The molecule has 29 heavy (non-hydrogen) atoms. The van der Waals surface area contributed by atoms with Crippen molar-refractivity contribution in [2.75, 3.05) is 20.2 Å². The van der Waals surface area contributed by atoms with Crippen LogP contribution in [0.3, 0.4) is 0 Å². The van der Waals surface area contributed by atoms with E-state index in [9.17, 15) is 14.4 Å². The Bertz CT molecular complexity index is 974. The molecule has 0 radical (unpaired) electrons. The van der Waals surface area contributed by atoms with Crippen molar-refractivity contribution in [1.29, 1.82) is 0 Å². The van der Waals surface area contributed by atoms with Gasteiger partial charge in [0.25, 0.3) is 5.91 Å². The fourth-order valence-electron chi connectivity index (χ4n) is 4.42. The molecule has 7 nitrogen and oxygen atoms in total. The van der Waals surface area contributed by atoms with Crippen LogP contribution in [0.5, 0.6) is 5.75 Å². The summed E-state index contributed by atoms with van der Waals surface area (Å²) in [7, 11) is 1.62. The number of para-hydroxylation sites is 1. The highest BCUT2D eigenvalue weighted by molar-refractivity contribution is 5.97. The molecule has 2 saturated heterocycles. The van der Waals surface area contributed by atoms with Crippen molar-refractivity contribution in [1.82, 2.24) is 9.80 Å². The zero-order valence-corrected chi connectivity index (χ0v) is 16.2. The first-order valence-electron chi connectivity index (χ1n) is 9.62. The van der Waals surface area contributed by atoms with E-state index in [1.165, 1.54) is 4.90 Å². The summed E-state index contributed by atoms with van der Waals surface area (Å²) in [5, 5.41) is 0. The molecule has 2 atom stereocenters. The summed E-state index contributed by atoms with van der Waals surface area (Å²) < 4.78 is 5.44. The van der Waals surface area contributed by atoms with Crippen LogP contribution in [-0.2, 0) is 9.59 Å². The molecule has 2 aromatic rings. The number of hydrogen-bond donors (Lipinski definition) is 1. The van der Waals surface area contributed by atoms with Crippen LogP contribution in [-0.4, -0.2) is 59.8 Å². The number of ether oxygens (including phenoxy) is 1. The number of carbonyl (C=O) groups is 3. The predicted octanol–water partition coefficient (Wildman–Crippen LogP) is 1.66. The van der Waals surface area contributed by atoms with Crippen LogP contribution in [0.15, 0.2) is 48.5 Å². The molecule has 2 fully saturated rings. The van der Waals surface area contributed by atoms with Crippen molar-refractivity contribution in [3.05, 3.63) is 54.1 Å². The van der Waals surface area contributed by atoms with Crippen molar-refractivity contribution in [2.45, 2.75) is 24.9 Å². The molecule has 2 aliphatic rings. The number of hydrogen-bond acceptors (Lipinski definition) is 4. The lowest BCUT2D eigenvalue weighted by atomic mass is 10.0. The summed E-state index contributed by atoms with van der Waals surface area (Å²) in [6.45, 7) is 0.459. The number of methoxy groups -OCH3 is 1. The maximum atomic E-state index is 13.2. The second kappa shape index (κ2) is 7.58. The summed E-state index contributed by atoms with van der Waals surface area (Å²) in [6.07, 6.45) is 0.886. The quantitative estimate of drug-likeness (QED) is 0.836. The number of carbonyl (C=O) groups excluding carboxylic acids is 3. The maximum absolute atomic E-state index is 13.2. The highest BCUT2D eigenvalue weighted by Crippen LogP contribution is 2.34. The van der Waals surface area contributed by atoms with Gasteiger partial charge in [-0.25, -0.2) is 0 Å². The SMILES string of the molecule is COc1ccccc1-c1cccc(C(=O)N2CC[C@H]3[C@@H]2CC(=O)N3CC(N)=O)c1. The molecular formula is C22H23N3O4. The van der Waals surface area contributed by atoms with E-state index >= 15 is 0 Å². The van der Waals surface area contributed by atoms with E-state index in [4.69, 9.17) is 10.5 Å². The third-order valence-corrected chi connectivity index (χ3v) is 5.73. The second-order valence-corrected chi connectivity index (χ2v) is 7.40. The van der Waals surface area contributed by atoms with Gasteiger partial charge < -0.3 is 20.3 Å². The van der Waals surface area contributed by atoms with Crippen LogP contribution in [0.4, 0.5) is 0 Å². The topological polar surface area (TPSA) is 92.9 Å². The van der Waals surface area contributed by atoms with Gasteiger partial charge in [0.2, 0.25) is 11.8 Å². The average molecular weight is 393 g/mol. The lowest BCUT2D eigenvalue weighted by molar-refractivity contribution is -0.133. The molecule has 0 aromatic heterocycles. The van der Waals surface area contributed by atoms with Crippen LogP contribution in [0.2, 0.25) is 0 Å². The second-order valence-electron chi connectivity index (χ2n) is 7.40. The smallest absolute Gasteiger partial charge is 0.254 e. The zero-order chi connectivity index (χ0) is 20.5. The monoisotopic (exact) mass is 393 g/mol. The Balaban J connectivity index is 1.58. The van der Waals surface area contributed by atoms with Gasteiger partial charge in [-0.1, -0.05) is 30.3 Å². The first-order valence-corrected chi connectivity index (χ1v) is 9.62. The molecule has 4 rings (SSSR count). The van der Waals surface area contributed by atoms with Gasteiger partial charge in [-0.15, -0.1) is 0 Å². The molecule has 2 aromatic carbocycles. The largest absolute Gasteiger partial charge is 0.496 e. The number of benzene rings is 2. The number of nitrogens with two attached hydrogens (primary N) is 1. The van der Waals surface area contributed by atoms with Gasteiger partial charge >= 0.3 is 0 Å². The van der Waals surface area contributed by atoms with Gasteiger partial charge in [0.05, 0.1) is 25.7 Å². The van der Waals surface area contributed by atoms with Crippen LogP contribution in [0, 0.1) is 0 Å². The Labute approximate surface area is 169 Å². The molecule has 7 heteroatoms. The molecule has 0 spiro atoms. The number of fused-ring (bicyclic) bond motifs is 1. The minimum absolute atomic E-state index is 0.0919. The molecule has 150 valence electrons. The van der Waals surface area contributed by atoms with E-state index in [2.05, 4.69) is 0 Å². The van der Waals surface area contributed by atoms with Gasteiger partial charge in [-0.3, -0.25) is 14.4 Å². The van der Waals surface area contributed by atoms with Crippen molar-refractivity contribution in [3.63, 3.8) is 0 Å². The fourth-order valence-corrected chi connectivity index (χ4v) is 4.42. The number of nitrogens with zero attached hydrogens (tertiary/aromatic N) is 2. The third kappa shape index (κ3) is 3.44. The fraction of sp³-hybridized carbons (Fsp3) is 0.318. The lowest BCUT2D eigenvalue weighted by Crippen LogP contribution is -2.42. The van der Waals surface area contributed by atoms with E-state index in [-0.39, 0.29) is 36.9 Å². The molecule has 3 amide bonds. The number of amides is 3. The number of rotatable bonds is 5. The van der Waals surface area contributed by atoms with Crippen LogP contribution in [0.25, 0.3) is 11.1 Å². The summed E-state index contributed by atoms with van der Waals surface area (Å²) in [5.74, 6) is -0.0304. The molecule has 0 unspecified atom stereocenters. The first kappa shape index (κ1) is 19.0. The lowest BCUT2D eigenvalue weighted by Gasteiger charge is -2.25. The standard InChI is InChI=1S/C22H23N3O4/c1-29-19-8-3-2-7-16(19)14-5-4-6-15(11-14)22(28)24-10-9-17-18(24)12-21(27)25(17)13-20(23)26/h2-8,11,17-18H,9-10,12-13H2,1H3,(H2,23,26)/t17-,18-/m0/s1. The summed E-state index contributed by atoms with van der Waals surface area (Å²) in [4.78, 5) is 40.1. The van der Waals surface area contributed by atoms with Gasteiger partial charge in [0.1, 0.15) is 5.75 Å². The molecule has 2 aliphatic heterocycles. The van der Waals surface area contributed by atoms with Gasteiger partial charge in [-0.05, 0) is 30.2 Å². The van der Waals surface area contributed by atoms with Crippen LogP contribution < -0.4 is 10.5 Å². The Kier molecular flexibility index (Phi) is 4.96. The van der Waals surface area contributed by atoms with Crippen molar-refractivity contribution < 1.29 is 19.1 Å². The molecular weight excluding hydrogens is 370 g/mol. The zero-order valence-electron chi connectivity index (χ0n) is 16.2. The number of likely N-dealkylation sites (tertiary alicyclic amines) is 2. The van der Waals surface area contributed by atoms with Gasteiger partial charge in [-0.2, -0.15) is 0 Å². The van der Waals surface area contributed by atoms with E-state index in [1.807, 2.05) is 42.5 Å². The molecule has 0 aliphatic carbocycles. The molecule has 2 heterocycles. The molecule has 2 N–H and O–H groups in total. The minimum Gasteiger partial charge on any atom is -0.496 e. The Hall–Kier alpha value is -3.35. The van der Waals surface area contributed by atoms with E-state index < -0.39 is 5.91 Å². The predicted molar refractivity (Wildman–Crippen MR) is 107 cm³/mol. The van der Waals surface area contributed by atoms with E-state index in [0.29, 0.717) is 18.5 Å². The van der Waals surface area contributed by atoms with Crippen LogP contribution >= 0.6 is 0 Å². The first-order chi connectivity index (χ1) is 14.0. The van der Waals surface area contributed by atoms with Crippen LogP contribution in [0.1, 0.15) is 23.2 Å².